The number of aliphatic carboxylic acids is 1. The zero-order valence-electron chi connectivity index (χ0n) is 9.56. The van der Waals surface area contributed by atoms with Crippen LogP contribution in [0.1, 0.15) is 23.8 Å². The molecule has 1 unspecified atom stereocenters. The molecule has 1 aromatic rings. The molecule has 1 atom stereocenters. The van der Waals surface area contributed by atoms with Crippen molar-refractivity contribution in [3.8, 4) is 0 Å². The summed E-state index contributed by atoms with van der Waals surface area (Å²) < 4.78 is 5.47. The van der Waals surface area contributed by atoms with Crippen LogP contribution in [0.15, 0.2) is 4.42 Å². The van der Waals surface area contributed by atoms with Crippen molar-refractivity contribution in [2.45, 2.75) is 26.8 Å². The predicted molar refractivity (Wildman–Crippen MR) is 57.0 cm³/mol. The molecule has 1 aliphatic heterocycles. The second-order valence-corrected chi connectivity index (χ2v) is 4.31. The van der Waals surface area contributed by atoms with Crippen LogP contribution in [0.3, 0.4) is 0 Å². The molecule has 0 amide bonds. The number of carboxylic acids is 1. The van der Waals surface area contributed by atoms with Gasteiger partial charge in [-0.05, 0) is 26.8 Å². The highest BCUT2D eigenvalue weighted by Gasteiger charge is 2.28. The van der Waals surface area contributed by atoms with Gasteiger partial charge in [0.15, 0.2) is 0 Å². The summed E-state index contributed by atoms with van der Waals surface area (Å²) >= 11 is 0. The van der Waals surface area contributed by atoms with E-state index in [0.717, 1.165) is 18.0 Å². The first-order valence-corrected chi connectivity index (χ1v) is 5.44. The van der Waals surface area contributed by atoms with E-state index in [1.807, 2.05) is 13.8 Å². The van der Waals surface area contributed by atoms with Gasteiger partial charge in [0, 0.05) is 6.54 Å². The van der Waals surface area contributed by atoms with E-state index in [1.165, 1.54) is 0 Å². The topological polar surface area (TPSA) is 66.6 Å². The molecule has 88 valence electrons. The molecule has 1 N–H and O–H groups in total. The molecule has 1 saturated heterocycles. The molecule has 1 fully saturated rings. The van der Waals surface area contributed by atoms with Gasteiger partial charge in [-0.15, -0.1) is 0 Å². The van der Waals surface area contributed by atoms with Gasteiger partial charge in [0.25, 0.3) is 0 Å². The summed E-state index contributed by atoms with van der Waals surface area (Å²) in [5, 5.41) is 8.88. The van der Waals surface area contributed by atoms with Gasteiger partial charge in [-0.3, -0.25) is 9.69 Å². The second kappa shape index (κ2) is 4.25. The highest BCUT2D eigenvalue weighted by atomic mass is 16.4. The molecule has 16 heavy (non-hydrogen) atoms. The highest BCUT2D eigenvalue weighted by Crippen LogP contribution is 2.19. The van der Waals surface area contributed by atoms with Crippen LogP contribution in [-0.4, -0.2) is 34.0 Å². The Bertz CT molecular complexity index is 380. The van der Waals surface area contributed by atoms with Crippen molar-refractivity contribution in [3.63, 3.8) is 0 Å². The van der Waals surface area contributed by atoms with E-state index in [4.69, 9.17) is 9.52 Å². The molecule has 0 aromatic carbocycles. The van der Waals surface area contributed by atoms with Crippen molar-refractivity contribution in [1.82, 2.24) is 9.88 Å². The van der Waals surface area contributed by atoms with Gasteiger partial charge in [-0.25, -0.2) is 4.98 Å². The van der Waals surface area contributed by atoms with Crippen LogP contribution in [0, 0.1) is 19.8 Å². The van der Waals surface area contributed by atoms with Crippen LogP contribution in [-0.2, 0) is 11.3 Å². The molecule has 1 aromatic heterocycles. The number of nitrogens with zero attached hydrogens (tertiary/aromatic N) is 2. The number of carbonyl (C=O) groups is 1. The molecule has 0 spiro atoms. The SMILES string of the molecule is Cc1nc(CN2CCC(C(=O)O)C2)oc1C. The molecule has 5 nitrogen and oxygen atoms in total. The van der Waals surface area contributed by atoms with Crippen LogP contribution >= 0.6 is 0 Å². The summed E-state index contributed by atoms with van der Waals surface area (Å²) in [7, 11) is 0. The highest BCUT2D eigenvalue weighted by molar-refractivity contribution is 5.70. The number of aromatic nitrogens is 1. The summed E-state index contributed by atoms with van der Waals surface area (Å²) in [5.41, 5.74) is 0.906. The largest absolute Gasteiger partial charge is 0.481 e. The molecular weight excluding hydrogens is 208 g/mol. The van der Waals surface area contributed by atoms with Crippen molar-refractivity contribution in [2.24, 2.45) is 5.92 Å². The Morgan fingerprint density at radius 3 is 2.88 bits per heavy atom. The maximum absolute atomic E-state index is 10.8. The van der Waals surface area contributed by atoms with E-state index in [-0.39, 0.29) is 5.92 Å². The Kier molecular flexibility index (Phi) is 2.96. The van der Waals surface area contributed by atoms with Gasteiger partial charge in [0.05, 0.1) is 18.2 Å². The Hall–Kier alpha value is -1.36. The van der Waals surface area contributed by atoms with Crippen LogP contribution in [0.4, 0.5) is 0 Å². The van der Waals surface area contributed by atoms with Crippen LogP contribution in [0.5, 0.6) is 0 Å². The number of rotatable bonds is 3. The van der Waals surface area contributed by atoms with Crippen LogP contribution in [0.2, 0.25) is 0 Å². The monoisotopic (exact) mass is 224 g/mol. The molecule has 0 aliphatic carbocycles. The molecule has 0 bridgehead atoms. The van der Waals surface area contributed by atoms with Crippen LogP contribution < -0.4 is 0 Å². The Balaban J connectivity index is 1.94. The van der Waals surface area contributed by atoms with E-state index in [2.05, 4.69) is 9.88 Å². The summed E-state index contributed by atoms with van der Waals surface area (Å²) in [4.78, 5) is 17.2. The average Bonchev–Trinajstić information content (AvgIpc) is 2.76. The van der Waals surface area contributed by atoms with E-state index in [0.29, 0.717) is 25.4 Å². The third kappa shape index (κ3) is 2.24. The first-order chi connectivity index (χ1) is 7.56. The lowest BCUT2D eigenvalue weighted by molar-refractivity contribution is -0.141. The Labute approximate surface area is 94.1 Å². The van der Waals surface area contributed by atoms with Gasteiger partial charge in [0.2, 0.25) is 5.89 Å². The molecule has 1 aliphatic rings. The van der Waals surface area contributed by atoms with Crippen LogP contribution in [0.25, 0.3) is 0 Å². The first kappa shape index (κ1) is 11.1. The lowest BCUT2D eigenvalue weighted by Crippen LogP contribution is -2.22. The molecule has 2 heterocycles. The minimum Gasteiger partial charge on any atom is -0.481 e. The fourth-order valence-electron chi connectivity index (χ4n) is 1.98. The fourth-order valence-corrected chi connectivity index (χ4v) is 1.98. The normalized spacial score (nSPS) is 21.5. The number of likely N-dealkylation sites (tertiary alicyclic amines) is 1. The second-order valence-electron chi connectivity index (χ2n) is 4.31. The number of carboxylic acid groups (broad SMARTS) is 1. The number of hydrogen-bond acceptors (Lipinski definition) is 4. The summed E-state index contributed by atoms with van der Waals surface area (Å²) in [6, 6.07) is 0. The van der Waals surface area contributed by atoms with Gasteiger partial charge >= 0.3 is 5.97 Å². The summed E-state index contributed by atoms with van der Waals surface area (Å²) in [6.07, 6.45) is 0.716. The zero-order valence-corrected chi connectivity index (χ0v) is 9.56. The summed E-state index contributed by atoms with van der Waals surface area (Å²) in [6.45, 7) is 5.80. The Morgan fingerprint density at radius 2 is 2.38 bits per heavy atom. The minimum absolute atomic E-state index is 0.239. The van der Waals surface area contributed by atoms with E-state index in [9.17, 15) is 4.79 Å². The van der Waals surface area contributed by atoms with Gasteiger partial charge in [-0.1, -0.05) is 0 Å². The number of aryl methyl sites for hydroxylation is 2. The maximum Gasteiger partial charge on any atom is 0.307 e. The van der Waals surface area contributed by atoms with Crippen molar-refractivity contribution in [2.75, 3.05) is 13.1 Å². The third-order valence-corrected chi connectivity index (χ3v) is 3.05. The molecule has 5 heteroatoms. The van der Waals surface area contributed by atoms with Crippen molar-refractivity contribution >= 4 is 5.97 Å². The predicted octanol–water partition coefficient (Wildman–Crippen LogP) is 1.20. The molecule has 0 radical (unpaired) electrons. The van der Waals surface area contributed by atoms with Gasteiger partial charge in [-0.2, -0.15) is 0 Å². The molecule has 0 saturated carbocycles. The summed E-state index contributed by atoms with van der Waals surface area (Å²) in [5.74, 6) is 0.574. The van der Waals surface area contributed by atoms with Gasteiger partial charge < -0.3 is 9.52 Å². The minimum atomic E-state index is -0.706. The molecule has 2 rings (SSSR count). The zero-order chi connectivity index (χ0) is 11.7. The lowest BCUT2D eigenvalue weighted by atomic mass is 10.1. The van der Waals surface area contributed by atoms with E-state index >= 15 is 0 Å². The Morgan fingerprint density at radius 1 is 1.62 bits per heavy atom. The maximum atomic E-state index is 10.8. The third-order valence-electron chi connectivity index (χ3n) is 3.05. The number of oxazole rings is 1. The lowest BCUT2D eigenvalue weighted by Gasteiger charge is -2.11. The molecular formula is C11H16N2O3. The number of hydrogen-bond donors (Lipinski definition) is 1. The average molecular weight is 224 g/mol. The van der Waals surface area contributed by atoms with Crippen molar-refractivity contribution in [1.29, 1.82) is 0 Å². The van der Waals surface area contributed by atoms with Crippen molar-refractivity contribution in [3.05, 3.63) is 17.3 Å². The smallest absolute Gasteiger partial charge is 0.307 e. The van der Waals surface area contributed by atoms with Crippen molar-refractivity contribution < 1.29 is 14.3 Å². The quantitative estimate of drug-likeness (QED) is 0.835. The van der Waals surface area contributed by atoms with Gasteiger partial charge in [0.1, 0.15) is 5.76 Å². The fraction of sp³-hybridized carbons (Fsp3) is 0.636. The van der Waals surface area contributed by atoms with E-state index < -0.39 is 5.97 Å². The first-order valence-electron chi connectivity index (χ1n) is 5.44. The van der Waals surface area contributed by atoms with E-state index in [1.54, 1.807) is 0 Å². The standard InChI is InChI=1S/C11H16N2O3/c1-7-8(2)16-10(12-7)6-13-4-3-9(5-13)11(14)15/h9H,3-6H2,1-2H3,(H,14,15).